The van der Waals surface area contributed by atoms with Crippen molar-refractivity contribution < 1.29 is 9.59 Å². The number of aryl methyl sites for hydroxylation is 1. The van der Waals surface area contributed by atoms with Crippen LogP contribution in [0.3, 0.4) is 0 Å². The molecule has 72 valence electrons. The van der Waals surface area contributed by atoms with Crippen LogP contribution in [0.4, 0.5) is 0 Å². The van der Waals surface area contributed by atoms with Crippen molar-refractivity contribution in [2.45, 2.75) is 19.3 Å². The molecule has 4 nitrogen and oxygen atoms in total. The van der Waals surface area contributed by atoms with E-state index in [-0.39, 0.29) is 11.5 Å². The number of hydrogen-bond acceptors (Lipinski definition) is 3. The van der Waals surface area contributed by atoms with Gasteiger partial charge in [0.05, 0.1) is 0 Å². The number of nitrogens with zero attached hydrogens (tertiary/aromatic N) is 1. The Hall–Kier alpha value is -1.71. The van der Waals surface area contributed by atoms with E-state index in [2.05, 4.69) is 4.98 Å². The summed E-state index contributed by atoms with van der Waals surface area (Å²) in [6.45, 7) is 0. The molecule has 1 amide bonds. The van der Waals surface area contributed by atoms with Crippen molar-refractivity contribution in [3.63, 3.8) is 0 Å². The lowest BCUT2D eigenvalue weighted by molar-refractivity contribution is 0.0966. The normalized spacial score (nSPS) is 15.0. The van der Waals surface area contributed by atoms with Gasteiger partial charge in [-0.05, 0) is 24.5 Å². The van der Waals surface area contributed by atoms with E-state index in [0.717, 1.165) is 18.4 Å². The monoisotopic (exact) mass is 190 g/mol. The second kappa shape index (κ2) is 3.21. The highest BCUT2D eigenvalue weighted by molar-refractivity contribution is 5.98. The molecule has 0 bridgehead atoms. The van der Waals surface area contributed by atoms with Gasteiger partial charge in [0, 0.05) is 6.42 Å². The quantitative estimate of drug-likeness (QED) is 0.708. The number of hydrogen-bond donors (Lipinski definition) is 1. The molecule has 1 aliphatic carbocycles. The van der Waals surface area contributed by atoms with Gasteiger partial charge in [0.15, 0.2) is 5.78 Å². The molecule has 0 aromatic carbocycles. The van der Waals surface area contributed by atoms with Gasteiger partial charge < -0.3 is 5.73 Å². The zero-order valence-electron chi connectivity index (χ0n) is 7.62. The number of pyridine rings is 1. The summed E-state index contributed by atoms with van der Waals surface area (Å²) in [5.74, 6) is -0.583. The van der Waals surface area contributed by atoms with Gasteiger partial charge in [-0.2, -0.15) is 0 Å². The first kappa shape index (κ1) is 8.87. The number of ketones is 1. The van der Waals surface area contributed by atoms with E-state index in [1.165, 1.54) is 0 Å². The molecule has 0 radical (unpaired) electrons. The SMILES string of the molecule is NC(=O)c1ccc2c(n1)C(=O)CCC2. The highest BCUT2D eigenvalue weighted by atomic mass is 16.1. The summed E-state index contributed by atoms with van der Waals surface area (Å²) in [5.41, 5.74) is 6.59. The number of aromatic nitrogens is 1. The van der Waals surface area contributed by atoms with Crippen LogP contribution in [0.2, 0.25) is 0 Å². The van der Waals surface area contributed by atoms with Crippen LogP contribution in [0, 0.1) is 0 Å². The topological polar surface area (TPSA) is 73.1 Å². The Bertz CT molecular complexity index is 413. The predicted octanol–water partition coefficient (Wildman–Crippen LogP) is 0.700. The fourth-order valence-electron chi connectivity index (χ4n) is 1.63. The molecule has 1 aromatic rings. The Labute approximate surface area is 81.1 Å². The van der Waals surface area contributed by atoms with Crippen molar-refractivity contribution in [2.75, 3.05) is 0 Å². The predicted molar refractivity (Wildman–Crippen MR) is 50.0 cm³/mol. The zero-order valence-corrected chi connectivity index (χ0v) is 7.62. The molecule has 0 unspecified atom stereocenters. The van der Waals surface area contributed by atoms with Crippen LogP contribution in [0.25, 0.3) is 0 Å². The Morgan fingerprint density at radius 1 is 1.36 bits per heavy atom. The minimum absolute atomic E-state index is 0.00866. The summed E-state index contributed by atoms with van der Waals surface area (Å²) in [4.78, 5) is 26.3. The number of nitrogens with two attached hydrogens (primary N) is 1. The van der Waals surface area contributed by atoms with Crippen molar-refractivity contribution >= 4 is 11.7 Å². The number of primary amides is 1. The number of amides is 1. The fraction of sp³-hybridized carbons (Fsp3) is 0.300. The molecule has 14 heavy (non-hydrogen) atoms. The second-order valence-corrected chi connectivity index (χ2v) is 3.35. The fourth-order valence-corrected chi connectivity index (χ4v) is 1.63. The number of rotatable bonds is 1. The van der Waals surface area contributed by atoms with Crippen LogP contribution in [0.15, 0.2) is 12.1 Å². The standard InChI is InChI=1S/C10H10N2O2/c11-10(14)7-5-4-6-2-1-3-8(13)9(6)12-7/h4-5H,1-3H2,(H2,11,14). The van der Waals surface area contributed by atoms with Crippen molar-refractivity contribution in [1.29, 1.82) is 0 Å². The maximum absolute atomic E-state index is 11.4. The maximum atomic E-state index is 11.4. The smallest absolute Gasteiger partial charge is 0.267 e. The first-order chi connectivity index (χ1) is 6.68. The van der Waals surface area contributed by atoms with Crippen LogP contribution in [0.5, 0.6) is 0 Å². The van der Waals surface area contributed by atoms with Crippen LogP contribution in [0.1, 0.15) is 39.4 Å². The molecule has 0 aliphatic heterocycles. The minimum atomic E-state index is -0.592. The third kappa shape index (κ3) is 1.39. The van der Waals surface area contributed by atoms with Crippen LogP contribution in [-0.4, -0.2) is 16.7 Å². The van der Waals surface area contributed by atoms with Gasteiger partial charge in [-0.3, -0.25) is 9.59 Å². The van der Waals surface area contributed by atoms with Gasteiger partial charge >= 0.3 is 0 Å². The number of fused-ring (bicyclic) bond motifs is 1. The number of Topliss-reactive ketones (excluding diaryl/α,β-unsaturated/α-hetero) is 1. The third-order valence-electron chi connectivity index (χ3n) is 2.35. The van der Waals surface area contributed by atoms with Crippen LogP contribution in [-0.2, 0) is 6.42 Å². The largest absolute Gasteiger partial charge is 0.364 e. The summed E-state index contributed by atoms with van der Waals surface area (Å²) in [7, 11) is 0. The van der Waals surface area contributed by atoms with Gasteiger partial charge in [-0.15, -0.1) is 0 Å². The van der Waals surface area contributed by atoms with Crippen LogP contribution < -0.4 is 5.73 Å². The molecule has 1 heterocycles. The summed E-state index contributed by atoms with van der Waals surface area (Å²) in [6.07, 6.45) is 2.23. The third-order valence-corrected chi connectivity index (χ3v) is 2.35. The average molecular weight is 190 g/mol. The molecule has 0 spiro atoms. The minimum Gasteiger partial charge on any atom is -0.364 e. The molecule has 0 saturated heterocycles. The molecule has 4 heteroatoms. The summed E-state index contributed by atoms with van der Waals surface area (Å²) >= 11 is 0. The molecule has 1 aromatic heterocycles. The van der Waals surface area contributed by atoms with E-state index in [1.807, 2.05) is 0 Å². The number of carbonyl (C=O) groups is 2. The highest BCUT2D eigenvalue weighted by Gasteiger charge is 2.19. The maximum Gasteiger partial charge on any atom is 0.267 e. The Balaban J connectivity index is 2.51. The van der Waals surface area contributed by atoms with E-state index >= 15 is 0 Å². The van der Waals surface area contributed by atoms with Gasteiger partial charge in [-0.25, -0.2) is 4.98 Å². The summed E-state index contributed by atoms with van der Waals surface area (Å²) in [6, 6.07) is 3.33. The molecule has 0 saturated carbocycles. The van der Waals surface area contributed by atoms with E-state index < -0.39 is 5.91 Å². The van der Waals surface area contributed by atoms with Crippen molar-refractivity contribution in [1.82, 2.24) is 4.98 Å². The van der Waals surface area contributed by atoms with E-state index in [1.54, 1.807) is 12.1 Å². The molecular weight excluding hydrogens is 180 g/mol. The highest BCUT2D eigenvalue weighted by Crippen LogP contribution is 2.19. The zero-order chi connectivity index (χ0) is 10.1. The second-order valence-electron chi connectivity index (χ2n) is 3.35. The van der Waals surface area contributed by atoms with Gasteiger partial charge in [0.1, 0.15) is 11.4 Å². The van der Waals surface area contributed by atoms with Crippen LogP contribution >= 0.6 is 0 Å². The Morgan fingerprint density at radius 2 is 2.14 bits per heavy atom. The van der Waals surface area contributed by atoms with Crippen molar-refractivity contribution in [2.24, 2.45) is 5.73 Å². The molecule has 2 rings (SSSR count). The van der Waals surface area contributed by atoms with Gasteiger partial charge in [0.2, 0.25) is 0 Å². The van der Waals surface area contributed by atoms with E-state index in [9.17, 15) is 9.59 Å². The Kier molecular flexibility index (Phi) is 2.04. The lowest BCUT2D eigenvalue weighted by Crippen LogP contribution is -2.19. The first-order valence-electron chi connectivity index (χ1n) is 4.51. The number of carbonyl (C=O) groups excluding carboxylic acids is 2. The van der Waals surface area contributed by atoms with Crippen molar-refractivity contribution in [3.8, 4) is 0 Å². The average Bonchev–Trinajstić information content (AvgIpc) is 2.18. The lowest BCUT2D eigenvalue weighted by Gasteiger charge is -2.13. The summed E-state index contributed by atoms with van der Waals surface area (Å²) in [5, 5.41) is 0. The van der Waals surface area contributed by atoms with Gasteiger partial charge in [-0.1, -0.05) is 6.07 Å². The van der Waals surface area contributed by atoms with E-state index in [0.29, 0.717) is 12.1 Å². The molecular formula is C10H10N2O2. The first-order valence-corrected chi connectivity index (χ1v) is 4.51. The van der Waals surface area contributed by atoms with E-state index in [4.69, 9.17) is 5.73 Å². The molecule has 0 atom stereocenters. The van der Waals surface area contributed by atoms with Gasteiger partial charge in [0.25, 0.3) is 5.91 Å². The molecule has 2 N–H and O–H groups in total. The molecule has 0 fully saturated rings. The molecule has 1 aliphatic rings. The van der Waals surface area contributed by atoms with Crippen molar-refractivity contribution in [3.05, 3.63) is 29.1 Å². The summed E-state index contributed by atoms with van der Waals surface area (Å²) < 4.78 is 0. The lowest BCUT2D eigenvalue weighted by atomic mass is 9.95. The Morgan fingerprint density at radius 3 is 2.86 bits per heavy atom.